The average molecular weight is 285 g/mol. The van der Waals surface area contributed by atoms with Gasteiger partial charge in [-0.05, 0) is 35.9 Å². The summed E-state index contributed by atoms with van der Waals surface area (Å²) in [5.74, 6) is 0.784. The molecule has 1 N–H and O–H groups in total. The van der Waals surface area contributed by atoms with Crippen LogP contribution in [0.5, 0.6) is 0 Å². The molecule has 0 fully saturated rings. The molecule has 5 heteroatoms. The van der Waals surface area contributed by atoms with Gasteiger partial charge in [-0.25, -0.2) is 9.67 Å². The Kier molecular flexibility index (Phi) is 3.65. The van der Waals surface area contributed by atoms with Crippen molar-refractivity contribution in [2.45, 2.75) is 6.54 Å². The molecule has 0 unspecified atom stereocenters. The molecule has 0 radical (unpaired) electrons. The maximum Gasteiger partial charge on any atom is 0.176 e. The Labute approximate surface area is 122 Å². The Morgan fingerprint density at radius 2 is 1.90 bits per heavy atom. The second kappa shape index (κ2) is 5.75. The Bertz CT molecular complexity index is 677. The standard InChI is InChI=1S/C15H13ClN4/c16-13-6-4-12(5-7-13)11-18-14-3-1-8-17-15(14)20-10-2-9-19-20/h1-10,18H,11H2. The predicted octanol–water partition coefficient (Wildman–Crippen LogP) is 3.53. The molecular formula is C15H13ClN4. The van der Waals surface area contributed by atoms with E-state index in [1.807, 2.05) is 48.7 Å². The number of benzene rings is 1. The van der Waals surface area contributed by atoms with Gasteiger partial charge in [0.05, 0.1) is 5.69 Å². The number of hydrogen-bond acceptors (Lipinski definition) is 3. The first-order valence-electron chi connectivity index (χ1n) is 6.26. The number of rotatable bonds is 4. The first-order valence-corrected chi connectivity index (χ1v) is 6.64. The van der Waals surface area contributed by atoms with Gasteiger partial charge in [0.1, 0.15) is 0 Å². The van der Waals surface area contributed by atoms with Crippen molar-refractivity contribution in [1.82, 2.24) is 14.8 Å². The summed E-state index contributed by atoms with van der Waals surface area (Å²) in [6.45, 7) is 0.705. The molecule has 0 aliphatic carbocycles. The van der Waals surface area contributed by atoms with Crippen LogP contribution in [0.4, 0.5) is 5.69 Å². The first-order chi connectivity index (χ1) is 9.83. The summed E-state index contributed by atoms with van der Waals surface area (Å²) in [5.41, 5.74) is 2.09. The normalized spacial score (nSPS) is 10.4. The highest BCUT2D eigenvalue weighted by atomic mass is 35.5. The van der Waals surface area contributed by atoms with Gasteiger partial charge in [0.2, 0.25) is 0 Å². The number of halogens is 1. The lowest BCUT2D eigenvalue weighted by Gasteiger charge is -2.11. The van der Waals surface area contributed by atoms with Crippen LogP contribution in [0.3, 0.4) is 0 Å². The number of nitrogens with one attached hydrogen (secondary N) is 1. The molecule has 0 saturated heterocycles. The molecule has 20 heavy (non-hydrogen) atoms. The van der Waals surface area contributed by atoms with E-state index >= 15 is 0 Å². The number of aromatic nitrogens is 3. The average Bonchev–Trinajstić information content (AvgIpc) is 3.01. The first kappa shape index (κ1) is 12.7. The third-order valence-corrected chi connectivity index (χ3v) is 3.16. The van der Waals surface area contributed by atoms with Crippen molar-refractivity contribution in [3.8, 4) is 5.82 Å². The fraction of sp³-hybridized carbons (Fsp3) is 0.0667. The zero-order chi connectivity index (χ0) is 13.8. The summed E-state index contributed by atoms with van der Waals surface area (Å²) in [7, 11) is 0. The van der Waals surface area contributed by atoms with Crippen molar-refractivity contribution in [3.05, 3.63) is 71.6 Å². The van der Waals surface area contributed by atoms with Gasteiger partial charge in [-0.3, -0.25) is 0 Å². The van der Waals surface area contributed by atoms with Gasteiger partial charge in [0, 0.05) is 30.2 Å². The van der Waals surface area contributed by atoms with Crippen LogP contribution in [-0.4, -0.2) is 14.8 Å². The van der Waals surface area contributed by atoms with Gasteiger partial charge >= 0.3 is 0 Å². The summed E-state index contributed by atoms with van der Waals surface area (Å²) in [5, 5.41) is 8.32. The summed E-state index contributed by atoms with van der Waals surface area (Å²) >= 11 is 5.88. The molecule has 0 bridgehead atoms. The molecule has 0 spiro atoms. The van der Waals surface area contributed by atoms with E-state index in [0.29, 0.717) is 6.54 Å². The van der Waals surface area contributed by atoms with Crippen LogP contribution in [0.2, 0.25) is 5.02 Å². The van der Waals surface area contributed by atoms with Crippen molar-refractivity contribution in [3.63, 3.8) is 0 Å². The molecule has 0 saturated carbocycles. The summed E-state index contributed by atoms with van der Waals surface area (Å²) in [4.78, 5) is 4.36. The molecule has 2 aromatic heterocycles. The summed E-state index contributed by atoms with van der Waals surface area (Å²) < 4.78 is 1.74. The van der Waals surface area contributed by atoms with E-state index in [2.05, 4.69) is 15.4 Å². The molecule has 1 aromatic carbocycles. The molecule has 3 rings (SSSR count). The van der Waals surface area contributed by atoms with E-state index in [-0.39, 0.29) is 0 Å². The molecule has 3 aromatic rings. The summed E-state index contributed by atoms with van der Waals surface area (Å²) in [6.07, 6.45) is 5.36. The highest BCUT2D eigenvalue weighted by molar-refractivity contribution is 6.30. The van der Waals surface area contributed by atoms with Crippen LogP contribution in [0.15, 0.2) is 61.1 Å². The maximum absolute atomic E-state index is 5.88. The molecule has 0 aliphatic rings. The minimum atomic E-state index is 0.705. The van der Waals surface area contributed by atoms with E-state index in [1.165, 1.54) is 0 Å². The Morgan fingerprint density at radius 1 is 1.05 bits per heavy atom. The van der Waals surface area contributed by atoms with Gasteiger partial charge in [-0.1, -0.05) is 23.7 Å². The van der Waals surface area contributed by atoms with E-state index in [9.17, 15) is 0 Å². The fourth-order valence-electron chi connectivity index (χ4n) is 1.91. The smallest absolute Gasteiger partial charge is 0.176 e. The van der Waals surface area contributed by atoms with Gasteiger partial charge in [-0.15, -0.1) is 0 Å². The minimum absolute atomic E-state index is 0.705. The van der Waals surface area contributed by atoms with E-state index in [1.54, 1.807) is 17.1 Å². The van der Waals surface area contributed by atoms with E-state index in [4.69, 9.17) is 11.6 Å². The Balaban J connectivity index is 1.79. The second-order valence-electron chi connectivity index (χ2n) is 4.31. The third-order valence-electron chi connectivity index (χ3n) is 2.90. The number of pyridine rings is 1. The van der Waals surface area contributed by atoms with Crippen molar-refractivity contribution >= 4 is 17.3 Å². The third kappa shape index (κ3) is 2.81. The zero-order valence-electron chi connectivity index (χ0n) is 10.7. The van der Waals surface area contributed by atoms with Crippen LogP contribution in [-0.2, 0) is 6.54 Å². The SMILES string of the molecule is Clc1ccc(CNc2cccnc2-n2cccn2)cc1. The lowest BCUT2D eigenvalue weighted by atomic mass is 10.2. The summed E-state index contributed by atoms with van der Waals surface area (Å²) in [6, 6.07) is 13.5. The fourth-order valence-corrected chi connectivity index (χ4v) is 2.04. The Morgan fingerprint density at radius 3 is 2.65 bits per heavy atom. The van der Waals surface area contributed by atoms with Gasteiger partial charge < -0.3 is 5.32 Å². The number of nitrogens with zero attached hydrogens (tertiary/aromatic N) is 3. The zero-order valence-corrected chi connectivity index (χ0v) is 11.5. The highest BCUT2D eigenvalue weighted by Gasteiger charge is 2.05. The van der Waals surface area contributed by atoms with Crippen molar-refractivity contribution < 1.29 is 0 Å². The predicted molar refractivity (Wildman–Crippen MR) is 80.1 cm³/mol. The number of hydrogen-bond donors (Lipinski definition) is 1. The molecule has 0 atom stereocenters. The molecule has 100 valence electrons. The lowest BCUT2D eigenvalue weighted by Crippen LogP contribution is -2.06. The van der Waals surface area contributed by atoms with E-state index in [0.717, 1.165) is 22.1 Å². The number of anilines is 1. The monoisotopic (exact) mass is 284 g/mol. The van der Waals surface area contributed by atoms with Gasteiger partial charge in [0.15, 0.2) is 5.82 Å². The van der Waals surface area contributed by atoms with Crippen LogP contribution in [0, 0.1) is 0 Å². The quantitative estimate of drug-likeness (QED) is 0.797. The van der Waals surface area contributed by atoms with Crippen molar-refractivity contribution in [2.75, 3.05) is 5.32 Å². The van der Waals surface area contributed by atoms with Crippen LogP contribution < -0.4 is 5.32 Å². The van der Waals surface area contributed by atoms with E-state index < -0.39 is 0 Å². The van der Waals surface area contributed by atoms with Crippen LogP contribution >= 0.6 is 11.6 Å². The van der Waals surface area contributed by atoms with Crippen molar-refractivity contribution in [2.24, 2.45) is 0 Å². The largest absolute Gasteiger partial charge is 0.378 e. The van der Waals surface area contributed by atoms with Gasteiger partial charge in [-0.2, -0.15) is 5.10 Å². The topological polar surface area (TPSA) is 42.7 Å². The van der Waals surface area contributed by atoms with Crippen LogP contribution in [0.1, 0.15) is 5.56 Å². The van der Waals surface area contributed by atoms with Crippen LogP contribution in [0.25, 0.3) is 5.82 Å². The minimum Gasteiger partial charge on any atom is -0.378 e. The lowest BCUT2D eigenvalue weighted by molar-refractivity contribution is 0.846. The molecule has 0 aliphatic heterocycles. The van der Waals surface area contributed by atoms with Gasteiger partial charge in [0.25, 0.3) is 0 Å². The molecule has 4 nitrogen and oxygen atoms in total. The molecular weight excluding hydrogens is 272 g/mol. The maximum atomic E-state index is 5.88. The highest BCUT2D eigenvalue weighted by Crippen LogP contribution is 2.17. The molecule has 0 amide bonds. The Hall–Kier alpha value is -2.33. The molecule has 2 heterocycles. The second-order valence-corrected chi connectivity index (χ2v) is 4.74. The van der Waals surface area contributed by atoms with Crippen molar-refractivity contribution in [1.29, 1.82) is 0 Å².